The van der Waals surface area contributed by atoms with E-state index in [0.29, 0.717) is 30.3 Å². The standard InChI is InChI=1S/C19H22O5/c1-3-22-18-13-15(7-10-17(18)19(21)23-4-2)14-5-8-16(9-6-14)24-12-11-20/h5-10,13,20H,3-4,11-12H2,1-2H3. The van der Waals surface area contributed by atoms with Gasteiger partial charge < -0.3 is 19.3 Å². The minimum Gasteiger partial charge on any atom is -0.493 e. The zero-order valence-corrected chi connectivity index (χ0v) is 14.0. The van der Waals surface area contributed by atoms with Crippen LogP contribution in [0.5, 0.6) is 11.5 Å². The molecule has 0 aliphatic rings. The van der Waals surface area contributed by atoms with Gasteiger partial charge in [0, 0.05) is 0 Å². The van der Waals surface area contributed by atoms with Crippen LogP contribution in [0.3, 0.4) is 0 Å². The van der Waals surface area contributed by atoms with Gasteiger partial charge in [-0.05, 0) is 49.2 Å². The van der Waals surface area contributed by atoms with Gasteiger partial charge in [-0.2, -0.15) is 0 Å². The van der Waals surface area contributed by atoms with E-state index in [2.05, 4.69) is 0 Å². The summed E-state index contributed by atoms with van der Waals surface area (Å²) >= 11 is 0. The van der Waals surface area contributed by atoms with E-state index in [-0.39, 0.29) is 19.2 Å². The van der Waals surface area contributed by atoms with E-state index < -0.39 is 0 Å². The Labute approximate surface area is 141 Å². The van der Waals surface area contributed by atoms with Crippen molar-refractivity contribution in [2.75, 3.05) is 26.4 Å². The maximum Gasteiger partial charge on any atom is 0.341 e. The van der Waals surface area contributed by atoms with Crippen molar-refractivity contribution in [3.8, 4) is 22.6 Å². The van der Waals surface area contributed by atoms with Crippen molar-refractivity contribution in [3.05, 3.63) is 48.0 Å². The SMILES string of the molecule is CCOC(=O)c1ccc(-c2ccc(OCCO)cc2)cc1OCC. The molecule has 0 atom stereocenters. The van der Waals surface area contributed by atoms with Crippen molar-refractivity contribution in [2.45, 2.75) is 13.8 Å². The van der Waals surface area contributed by atoms with Crippen molar-refractivity contribution in [1.82, 2.24) is 0 Å². The number of hydrogen-bond acceptors (Lipinski definition) is 5. The fraction of sp³-hybridized carbons (Fsp3) is 0.316. The third-order valence-corrected chi connectivity index (χ3v) is 3.32. The number of rotatable bonds is 8. The van der Waals surface area contributed by atoms with E-state index in [1.54, 1.807) is 13.0 Å². The minimum absolute atomic E-state index is 0.0191. The number of esters is 1. The van der Waals surface area contributed by atoms with E-state index in [1.807, 2.05) is 43.3 Å². The van der Waals surface area contributed by atoms with Gasteiger partial charge in [-0.15, -0.1) is 0 Å². The molecule has 0 saturated carbocycles. The van der Waals surface area contributed by atoms with E-state index >= 15 is 0 Å². The molecule has 2 aromatic rings. The largest absolute Gasteiger partial charge is 0.493 e. The van der Waals surface area contributed by atoms with Gasteiger partial charge in [-0.1, -0.05) is 18.2 Å². The van der Waals surface area contributed by atoms with Gasteiger partial charge >= 0.3 is 5.97 Å². The molecule has 1 N–H and O–H groups in total. The molecule has 0 amide bonds. The second-order valence-electron chi connectivity index (χ2n) is 4.96. The molecular weight excluding hydrogens is 308 g/mol. The Morgan fingerprint density at radius 3 is 2.29 bits per heavy atom. The first kappa shape index (κ1) is 17.8. The Hall–Kier alpha value is -2.53. The highest BCUT2D eigenvalue weighted by molar-refractivity contribution is 5.93. The first-order valence-electron chi connectivity index (χ1n) is 7.97. The Morgan fingerprint density at radius 1 is 0.958 bits per heavy atom. The molecule has 5 nitrogen and oxygen atoms in total. The molecule has 0 radical (unpaired) electrons. The van der Waals surface area contributed by atoms with Crippen LogP contribution in [0.4, 0.5) is 0 Å². The summed E-state index contributed by atoms with van der Waals surface area (Å²) in [4.78, 5) is 12.0. The predicted octanol–water partition coefficient (Wildman–Crippen LogP) is 3.30. The van der Waals surface area contributed by atoms with Gasteiger partial charge in [0.1, 0.15) is 23.7 Å². The maximum atomic E-state index is 12.0. The Bertz CT molecular complexity index is 664. The van der Waals surface area contributed by atoms with Crippen molar-refractivity contribution < 1.29 is 24.1 Å². The molecule has 0 spiro atoms. The average molecular weight is 330 g/mol. The van der Waals surface area contributed by atoms with Gasteiger partial charge in [-0.25, -0.2) is 4.79 Å². The van der Waals surface area contributed by atoms with Crippen molar-refractivity contribution >= 4 is 5.97 Å². The number of benzene rings is 2. The molecule has 24 heavy (non-hydrogen) atoms. The second-order valence-corrected chi connectivity index (χ2v) is 4.96. The zero-order chi connectivity index (χ0) is 17.4. The predicted molar refractivity (Wildman–Crippen MR) is 91.6 cm³/mol. The van der Waals surface area contributed by atoms with Crippen molar-refractivity contribution in [3.63, 3.8) is 0 Å². The van der Waals surface area contributed by atoms with Crippen LogP contribution in [0.15, 0.2) is 42.5 Å². The number of ether oxygens (including phenoxy) is 3. The third-order valence-electron chi connectivity index (χ3n) is 3.32. The summed E-state index contributed by atoms with van der Waals surface area (Å²) in [6.07, 6.45) is 0. The molecule has 0 aromatic heterocycles. The highest BCUT2D eigenvalue weighted by Crippen LogP contribution is 2.29. The summed E-state index contributed by atoms with van der Waals surface area (Å²) in [7, 11) is 0. The normalized spacial score (nSPS) is 10.3. The molecule has 0 saturated heterocycles. The molecule has 2 rings (SSSR count). The lowest BCUT2D eigenvalue weighted by atomic mass is 10.0. The molecule has 0 aliphatic carbocycles. The average Bonchev–Trinajstić information content (AvgIpc) is 2.61. The number of hydrogen-bond donors (Lipinski definition) is 1. The summed E-state index contributed by atoms with van der Waals surface area (Å²) in [5, 5.41) is 8.77. The van der Waals surface area contributed by atoms with Crippen LogP contribution in [-0.4, -0.2) is 37.5 Å². The summed E-state index contributed by atoms with van der Waals surface area (Å²) in [5.41, 5.74) is 2.33. The lowest BCUT2D eigenvalue weighted by Crippen LogP contribution is -2.08. The van der Waals surface area contributed by atoms with E-state index in [0.717, 1.165) is 11.1 Å². The molecule has 128 valence electrons. The van der Waals surface area contributed by atoms with Crippen LogP contribution >= 0.6 is 0 Å². The molecule has 5 heteroatoms. The fourth-order valence-electron chi connectivity index (χ4n) is 2.26. The van der Waals surface area contributed by atoms with Crippen LogP contribution in [0.1, 0.15) is 24.2 Å². The van der Waals surface area contributed by atoms with Crippen LogP contribution in [0.2, 0.25) is 0 Å². The molecular formula is C19H22O5. The Balaban J connectivity index is 2.27. The Kier molecular flexibility index (Phi) is 6.63. The van der Waals surface area contributed by atoms with Gasteiger partial charge in [-0.3, -0.25) is 0 Å². The number of aliphatic hydroxyl groups is 1. The molecule has 0 bridgehead atoms. The van der Waals surface area contributed by atoms with Crippen molar-refractivity contribution in [1.29, 1.82) is 0 Å². The monoisotopic (exact) mass is 330 g/mol. The molecule has 0 aliphatic heterocycles. The van der Waals surface area contributed by atoms with Crippen LogP contribution < -0.4 is 9.47 Å². The number of carbonyl (C=O) groups is 1. The first-order valence-corrected chi connectivity index (χ1v) is 7.97. The second kappa shape index (κ2) is 8.93. The maximum absolute atomic E-state index is 12.0. The first-order chi connectivity index (χ1) is 11.7. The summed E-state index contributed by atoms with van der Waals surface area (Å²) in [6, 6.07) is 12.9. The molecule has 0 unspecified atom stereocenters. The highest BCUT2D eigenvalue weighted by atomic mass is 16.5. The minimum atomic E-state index is -0.389. The molecule has 0 fully saturated rings. The van der Waals surface area contributed by atoms with E-state index in [4.69, 9.17) is 19.3 Å². The summed E-state index contributed by atoms with van der Waals surface area (Å²) in [5.74, 6) is 0.815. The van der Waals surface area contributed by atoms with Crippen LogP contribution in [0.25, 0.3) is 11.1 Å². The van der Waals surface area contributed by atoms with E-state index in [9.17, 15) is 4.79 Å². The van der Waals surface area contributed by atoms with E-state index in [1.165, 1.54) is 0 Å². The molecule has 2 aromatic carbocycles. The van der Waals surface area contributed by atoms with Gasteiger partial charge in [0.15, 0.2) is 0 Å². The number of aliphatic hydroxyl groups excluding tert-OH is 1. The summed E-state index contributed by atoms with van der Waals surface area (Å²) < 4.78 is 16.0. The zero-order valence-electron chi connectivity index (χ0n) is 14.0. The smallest absolute Gasteiger partial charge is 0.341 e. The fourth-order valence-corrected chi connectivity index (χ4v) is 2.26. The summed E-state index contributed by atoms with van der Waals surface area (Å²) in [6.45, 7) is 4.67. The van der Waals surface area contributed by atoms with Crippen molar-refractivity contribution in [2.24, 2.45) is 0 Å². The lowest BCUT2D eigenvalue weighted by molar-refractivity contribution is 0.0522. The van der Waals surface area contributed by atoms with Gasteiger partial charge in [0.25, 0.3) is 0 Å². The Morgan fingerprint density at radius 2 is 1.67 bits per heavy atom. The lowest BCUT2D eigenvalue weighted by Gasteiger charge is -2.12. The third kappa shape index (κ3) is 4.49. The number of carbonyl (C=O) groups excluding carboxylic acids is 1. The van der Waals surface area contributed by atoms with Crippen LogP contribution in [-0.2, 0) is 4.74 Å². The topological polar surface area (TPSA) is 65.0 Å². The molecule has 0 heterocycles. The van der Waals surface area contributed by atoms with Gasteiger partial charge in [0.05, 0.1) is 19.8 Å². The highest BCUT2D eigenvalue weighted by Gasteiger charge is 2.15. The van der Waals surface area contributed by atoms with Crippen LogP contribution in [0, 0.1) is 0 Å². The quantitative estimate of drug-likeness (QED) is 0.752. The van der Waals surface area contributed by atoms with Gasteiger partial charge in [0.2, 0.25) is 0 Å².